The van der Waals surface area contributed by atoms with Crippen LogP contribution in [0.25, 0.3) is 16.7 Å². The third-order valence-electron chi connectivity index (χ3n) is 4.77. The number of rotatable bonds is 2. The molecule has 5 heteroatoms. The fourth-order valence-corrected chi connectivity index (χ4v) is 4.74. The Balaban J connectivity index is 1.73. The van der Waals surface area contributed by atoms with Crippen LogP contribution >= 0.6 is 27.3 Å². The summed E-state index contributed by atoms with van der Waals surface area (Å²) in [5, 5.41) is 5.70. The number of aryl methyl sites for hydroxylation is 1. The van der Waals surface area contributed by atoms with E-state index in [1.165, 1.54) is 10.4 Å². The Bertz CT molecular complexity index is 1140. The predicted octanol–water partition coefficient (Wildman–Crippen LogP) is 6.22. The molecule has 0 bridgehead atoms. The van der Waals surface area contributed by atoms with Gasteiger partial charge in [-0.1, -0.05) is 40.2 Å². The van der Waals surface area contributed by atoms with E-state index in [1.54, 1.807) is 11.3 Å². The molecule has 0 fully saturated rings. The molecule has 2 aromatic heterocycles. The fraction of sp³-hybridized carbons (Fsp3) is 0.0952. The van der Waals surface area contributed by atoms with Gasteiger partial charge in [0.05, 0.1) is 17.1 Å². The zero-order valence-corrected chi connectivity index (χ0v) is 16.5. The Morgan fingerprint density at radius 2 is 1.88 bits per heavy atom. The molecule has 1 atom stereocenters. The number of para-hydroxylation sites is 2. The molecule has 0 aliphatic carbocycles. The van der Waals surface area contributed by atoms with E-state index in [2.05, 4.69) is 92.7 Å². The number of allylic oxidation sites excluding steroid dienone is 1. The van der Waals surface area contributed by atoms with Crippen molar-refractivity contribution in [3.63, 3.8) is 0 Å². The van der Waals surface area contributed by atoms with Gasteiger partial charge in [-0.25, -0.2) is 4.98 Å². The van der Waals surface area contributed by atoms with Gasteiger partial charge in [0.1, 0.15) is 0 Å². The van der Waals surface area contributed by atoms with Crippen LogP contribution in [0.1, 0.15) is 22.0 Å². The van der Waals surface area contributed by atoms with E-state index < -0.39 is 0 Å². The van der Waals surface area contributed by atoms with Crippen LogP contribution in [-0.2, 0) is 0 Å². The van der Waals surface area contributed by atoms with Gasteiger partial charge in [-0.15, -0.1) is 11.3 Å². The number of benzene rings is 2. The number of nitrogens with one attached hydrogen (secondary N) is 1. The number of hydrogen-bond acceptors (Lipinski definition) is 3. The first-order valence-electron chi connectivity index (χ1n) is 8.46. The minimum absolute atomic E-state index is 0.136. The Morgan fingerprint density at radius 1 is 1.08 bits per heavy atom. The van der Waals surface area contributed by atoms with Gasteiger partial charge in [0.15, 0.2) is 0 Å². The zero-order valence-electron chi connectivity index (χ0n) is 14.1. The number of thiophene rings is 1. The van der Waals surface area contributed by atoms with Gasteiger partial charge in [-0.2, -0.15) is 0 Å². The zero-order chi connectivity index (χ0) is 17.7. The van der Waals surface area contributed by atoms with E-state index in [4.69, 9.17) is 4.98 Å². The van der Waals surface area contributed by atoms with E-state index in [9.17, 15) is 0 Å². The lowest BCUT2D eigenvalue weighted by Crippen LogP contribution is -2.18. The third kappa shape index (κ3) is 2.50. The van der Waals surface area contributed by atoms with Crippen LogP contribution in [-0.4, -0.2) is 9.55 Å². The predicted molar refractivity (Wildman–Crippen MR) is 113 cm³/mol. The lowest BCUT2D eigenvalue weighted by Gasteiger charge is -2.26. The molecule has 0 spiro atoms. The quantitative estimate of drug-likeness (QED) is 0.415. The number of aromatic nitrogens is 2. The Morgan fingerprint density at radius 3 is 2.65 bits per heavy atom. The van der Waals surface area contributed by atoms with Crippen molar-refractivity contribution >= 4 is 49.9 Å². The van der Waals surface area contributed by atoms with Gasteiger partial charge in [0.25, 0.3) is 0 Å². The van der Waals surface area contributed by atoms with Crippen LogP contribution in [0.15, 0.2) is 70.5 Å². The van der Waals surface area contributed by atoms with E-state index >= 15 is 0 Å². The molecule has 26 heavy (non-hydrogen) atoms. The molecule has 2 aromatic carbocycles. The van der Waals surface area contributed by atoms with Gasteiger partial charge in [0.2, 0.25) is 5.95 Å². The van der Waals surface area contributed by atoms with Crippen LogP contribution in [0.4, 0.5) is 5.95 Å². The van der Waals surface area contributed by atoms with Crippen molar-refractivity contribution in [3.05, 3.63) is 86.5 Å². The summed E-state index contributed by atoms with van der Waals surface area (Å²) < 4.78 is 3.38. The summed E-state index contributed by atoms with van der Waals surface area (Å²) >= 11 is 5.32. The first-order chi connectivity index (χ1) is 12.7. The van der Waals surface area contributed by atoms with Gasteiger partial charge < -0.3 is 5.32 Å². The molecule has 4 aromatic rings. The molecule has 128 valence electrons. The topological polar surface area (TPSA) is 29.9 Å². The minimum Gasteiger partial charge on any atom is -0.325 e. The maximum absolute atomic E-state index is 4.84. The second-order valence-corrected chi connectivity index (χ2v) is 8.28. The number of fused-ring (bicyclic) bond motifs is 3. The molecule has 0 unspecified atom stereocenters. The highest BCUT2D eigenvalue weighted by Gasteiger charge is 2.26. The lowest BCUT2D eigenvalue weighted by molar-refractivity contribution is 0.729. The molecule has 0 radical (unpaired) electrons. The highest BCUT2D eigenvalue weighted by molar-refractivity contribution is 9.10. The van der Waals surface area contributed by atoms with Gasteiger partial charge in [-0.05, 0) is 59.8 Å². The summed E-state index contributed by atoms with van der Waals surface area (Å²) in [5.41, 5.74) is 5.74. The SMILES string of the molecule is Cc1ccsc1[C@H]1C=C(c2ccc(Br)cc2)Nc2nc3ccccc3n21. The highest BCUT2D eigenvalue weighted by atomic mass is 79.9. The molecular formula is C21H16BrN3S. The fourth-order valence-electron chi connectivity index (χ4n) is 3.49. The van der Waals surface area contributed by atoms with Crippen molar-refractivity contribution in [1.82, 2.24) is 9.55 Å². The maximum atomic E-state index is 4.84. The minimum atomic E-state index is 0.136. The largest absolute Gasteiger partial charge is 0.325 e. The molecule has 1 N–H and O–H groups in total. The summed E-state index contributed by atoms with van der Waals surface area (Å²) in [6, 6.07) is 19.0. The number of hydrogen-bond donors (Lipinski definition) is 1. The van der Waals surface area contributed by atoms with Gasteiger partial charge in [0, 0.05) is 15.0 Å². The van der Waals surface area contributed by atoms with E-state index in [0.29, 0.717) is 0 Å². The Kier molecular flexibility index (Phi) is 3.72. The highest BCUT2D eigenvalue weighted by Crippen LogP contribution is 2.39. The van der Waals surface area contributed by atoms with Crippen LogP contribution in [0.2, 0.25) is 0 Å². The Labute approximate surface area is 164 Å². The second kappa shape index (κ2) is 6.11. The molecule has 3 heterocycles. The summed E-state index contributed by atoms with van der Waals surface area (Å²) in [5.74, 6) is 0.893. The van der Waals surface area contributed by atoms with Crippen molar-refractivity contribution in [1.29, 1.82) is 0 Å². The molecule has 0 saturated heterocycles. The van der Waals surface area contributed by atoms with E-state index in [1.807, 2.05) is 6.07 Å². The lowest BCUT2D eigenvalue weighted by atomic mass is 10.0. The monoisotopic (exact) mass is 421 g/mol. The van der Waals surface area contributed by atoms with Crippen LogP contribution in [0.5, 0.6) is 0 Å². The first kappa shape index (κ1) is 15.9. The van der Waals surface area contributed by atoms with Crippen molar-refractivity contribution in [2.45, 2.75) is 13.0 Å². The summed E-state index contributed by atoms with van der Waals surface area (Å²) in [7, 11) is 0. The third-order valence-corrected chi connectivity index (χ3v) is 6.39. The summed E-state index contributed by atoms with van der Waals surface area (Å²) in [6.45, 7) is 2.18. The standard InChI is InChI=1S/C21H16BrN3S/c1-13-10-11-26-20(13)19-12-17(14-6-8-15(22)9-7-14)24-21-23-16-4-2-3-5-18(16)25(19)21/h2-12,19H,1H3,(H,23,24)/t19-/m1/s1. The number of nitrogens with zero attached hydrogens (tertiary/aromatic N) is 2. The molecule has 1 aliphatic heterocycles. The average molecular weight is 422 g/mol. The van der Waals surface area contributed by atoms with Crippen LogP contribution < -0.4 is 5.32 Å². The van der Waals surface area contributed by atoms with Crippen molar-refractivity contribution < 1.29 is 0 Å². The van der Waals surface area contributed by atoms with Gasteiger partial charge >= 0.3 is 0 Å². The maximum Gasteiger partial charge on any atom is 0.209 e. The Hall–Kier alpha value is -2.37. The molecule has 0 saturated carbocycles. The molecule has 0 amide bonds. The van der Waals surface area contributed by atoms with Crippen molar-refractivity contribution in [2.24, 2.45) is 0 Å². The normalized spacial score (nSPS) is 16.2. The van der Waals surface area contributed by atoms with Crippen LogP contribution in [0.3, 0.4) is 0 Å². The van der Waals surface area contributed by atoms with E-state index in [0.717, 1.165) is 32.7 Å². The molecule has 1 aliphatic rings. The average Bonchev–Trinajstić information content (AvgIpc) is 3.24. The second-order valence-electron chi connectivity index (χ2n) is 6.42. The molecule has 5 rings (SSSR count). The van der Waals surface area contributed by atoms with Crippen molar-refractivity contribution in [2.75, 3.05) is 5.32 Å². The summed E-state index contributed by atoms with van der Waals surface area (Å²) in [6.07, 6.45) is 2.31. The van der Waals surface area contributed by atoms with Crippen LogP contribution in [0, 0.1) is 6.92 Å². The summed E-state index contributed by atoms with van der Waals surface area (Å²) in [4.78, 5) is 6.20. The van der Waals surface area contributed by atoms with Crippen molar-refractivity contribution in [3.8, 4) is 0 Å². The van der Waals surface area contributed by atoms with E-state index in [-0.39, 0.29) is 6.04 Å². The number of halogens is 1. The first-order valence-corrected chi connectivity index (χ1v) is 10.1. The smallest absolute Gasteiger partial charge is 0.209 e. The number of imidazole rings is 1. The molecule has 3 nitrogen and oxygen atoms in total. The van der Waals surface area contributed by atoms with Gasteiger partial charge in [-0.3, -0.25) is 4.57 Å². The number of anilines is 1. The molecular weight excluding hydrogens is 406 g/mol.